The van der Waals surface area contributed by atoms with Crippen molar-refractivity contribution >= 4 is 31.6 Å². The Hall–Kier alpha value is -1.20. The van der Waals surface area contributed by atoms with E-state index in [-0.39, 0.29) is 4.47 Å². The minimum Gasteiger partial charge on any atom is -0.258 e. The summed E-state index contributed by atoms with van der Waals surface area (Å²) in [4.78, 5) is 12.6. The number of rotatable bonds is 3. The first kappa shape index (κ1) is 13.9. The maximum Gasteiger partial charge on any atom is 0.318 e. The average molecular weight is 332 g/mol. The van der Waals surface area contributed by atoms with Gasteiger partial charge in [0.15, 0.2) is 0 Å². The van der Waals surface area contributed by atoms with Crippen LogP contribution in [0.1, 0.15) is 12.0 Å². The summed E-state index contributed by atoms with van der Waals surface area (Å²) in [5.74, 6) is 0. The van der Waals surface area contributed by atoms with Crippen molar-refractivity contribution in [1.82, 2.24) is 4.98 Å². The van der Waals surface area contributed by atoms with Crippen LogP contribution in [0.25, 0.3) is 0 Å². The van der Waals surface area contributed by atoms with Crippen molar-refractivity contribution in [2.45, 2.75) is 11.5 Å². The molecule has 0 aromatic carbocycles. The lowest BCUT2D eigenvalue weighted by atomic mass is 10.2. The number of sulfonamides is 1. The Balaban J connectivity index is 3.78. The second kappa shape index (κ2) is 4.58. The first-order valence-electron chi connectivity index (χ1n) is 3.80. The molecule has 0 unspecified atom stereocenters. The van der Waals surface area contributed by atoms with Crippen LogP contribution in [0.2, 0.25) is 0 Å². The van der Waals surface area contributed by atoms with Crippen molar-refractivity contribution in [2.24, 2.45) is 5.14 Å². The Morgan fingerprint density at radius 3 is 2.41 bits per heavy atom. The summed E-state index contributed by atoms with van der Waals surface area (Å²) in [6, 6.07) is 0. The van der Waals surface area contributed by atoms with Crippen LogP contribution in [0.15, 0.2) is 15.7 Å². The lowest BCUT2D eigenvalue weighted by molar-refractivity contribution is -0.389. The predicted molar refractivity (Wildman–Crippen MR) is 54.9 cm³/mol. The van der Waals surface area contributed by atoms with E-state index in [4.69, 9.17) is 0 Å². The third-order valence-corrected chi connectivity index (χ3v) is 3.15. The maximum absolute atomic E-state index is 12.6. The maximum atomic E-state index is 12.6. The number of hydrogen-bond acceptors (Lipinski definition) is 5. The van der Waals surface area contributed by atoms with Gasteiger partial charge in [0.2, 0.25) is 5.03 Å². The fraction of sp³-hybridized carbons (Fsp3) is 0.167. The number of aromatic nitrogens is 1. The second-order valence-electron chi connectivity index (χ2n) is 2.78. The molecule has 0 aliphatic rings. The molecule has 0 aliphatic carbocycles. The van der Waals surface area contributed by atoms with Crippen molar-refractivity contribution in [3.05, 3.63) is 26.3 Å². The number of halogens is 3. The summed E-state index contributed by atoms with van der Waals surface area (Å²) < 4.78 is 46.9. The van der Waals surface area contributed by atoms with Gasteiger partial charge in [-0.25, -0.2) is 27.3 Å². The summed E-state index contributed by atoms with van der Waals surface area (Å²) in [6.45, 7) is 0. The van der Waals surface area contributed by atoms with E-state index in [1.165, 1.54) is 0 Å². The minimum absolute atomic E-state index is 0.369. The van der Waals surface area contributed by atoms with Gasteiger partial charge in [0.1, 0.15) is 5.56 Å². The summed E-state index contributed by atoms with van der Waals surface area (Å²) in [7, 11) is -4.56. The van der Waals surface area contributed by atoms with E-state index in [9.17, 15) is 27.3 Å². The summed E-state index contributed by atoms with van der Waals surface area (Å²) in [6.07, 6.45) is -2.53. The van der Waals surface area contributed by atoms with Gasteiger partial charge in [-0.2, -0.15) is 0 Å². The topological polar surface area (TPSA) is 116 Å². The van der Waals surface area contributed by atoms with Crippen LogP contribution in [0, 0.1) is 10.1 Å². The first-order chi connectivity index (χ1) is 7.66. The van der Waals surface area contributed by atoms with E-state index in [0.29, 0.717) is 6.20 Å². The molecule has 0 radical (unpaired) electrons. The van der Waals surface area contributed by atoms with Gasteiger partial charge in [0.05, 0.1) is 9.40 Å². The highest BCUT2D eigenvalue weighted by molar-refractivity contribution is 9.10. The first-order valence-corrected chi connectivity index (χ1v) is 6.14. The molecule has 0 saturated heterocycles. The number of alkyl halides is 2. The fourth-order valence-electron chi connectivity index (χ4n) is 1.07. The van der Waals surface area contributed by atoms with Crippen molar-refractivity contribution in [1.29, 1.82) is 0 Å². The van der Waals surface area contributed by atoms with Crippen LogP contribution in [0.3, 0.4) is 0 Å². The Labute approximate surface area is 102 Å². The zero-order valence-electron chi connectivity index (χ0n) is 7.80. The lowest BCUT2D eigenvalue weighted by Gasteiger charge is -2.06. The van der Waals surface area contributed by atoms with Gasteiger partial charge in [-0.05, 0) is 15.9 Å². The quantitative estimate of drug-likeness (QED) is 0.662. The monoisotopic (exact) mass is 331 g/mol. The standard InChI is InChI=1S/C6H4BrF2N3O4S/c7-2-1-11-6(17(10,15)16)4(12(13)14)3(2)5(8)9/h1,5H,(H2,10,15,16). The normalized spacial score (nSPS) is 11.8. The van der Waals surface area contributed by atoms with Gasteiger partial charge in [-0.1, -0.05) is 0 Å². The molecular formula is C6H4BrF2N3O4S. The highest BCUT2D eigenvalue weighted by Gasteiger charge is 2.34. The molecule has 0 atom stereocenters. The molecule has 0 fully saturated rings. The number of hydrogen-bond donors (Lipinski definition) is 1. The van der Waals surface area contributed by atoms with E-state index in [0.717, 1.165) is 0 Å². The van der Waals surface area contributed by atoms with E-state index in [1.54, 1.807) is 0 Å². The molecule has 1 aromatic rings. The van der Waals surface area contributed by atoms with Crippen LogP contribution in [-0.4, -0.2) is 18.3 Å². The van der Waals surface area contributed by atoms with Crippen LogP contribution >= 0.6 is 15.9 Å². The van der Waals surface area contributed by atoms with E-state index >= 15 is 0 Å². The summed E-state index contributed by atoms with van der Waals surface area (Å²) in [5.41, 5.74) is -2.40. The number of nitrogens with zero attached hydrogens (tertiary/aromatic N) is 2. The van der Waals surface area contributed by atoms with Crippen LogP contribution in [-0.2, 0) is 10.0 Å². The van der Waals surface area contributed by atoms with Gasteiger partial charge in [0, 0.05) is 6.20 Å². The molecule has 0 saturated carbocycles. The Kier molecular flexibility index (Phi) is 3.74. The SMILES string of the molecule is NS(=O)(=O)c1ncc(Br)c(C(F)F)c1[N+](=O)[O-]. The van der Waals surface area contributed by atoms with Gasteiger partial charge in [-0.15, -0.1) is 0 Å². The third-order valence-electron chi connectivity index (χ3n) is 1.68. The zero-order valence-corrected chi connectivity index (χ0v) is 10.2. The molecule has 0 spiro atoms. The van der Waals surface area contributed by atoms with Gasteiger partial charge in [0.25, 0.3) is 16.4 Å². The van der Waals surface area contributed by atoms with Crippen LogP contribution < -0.4 is 5.14 Å². The molecule has 0 aliphatic heterocycles. The molecule has 17 heavy (non-hydrogen) atoms. The van der Waals surface area contributed by atoms with Crippen LogP contribution in [0.4, 0.5) is 14.5 Å². The number of nitro groups is 1. The predicted octanol–water partition coefficient (Wildman–Crippen LogP) is 1.34. The highest BCUT2D eigenvalue weighted by Crippen LogP contribution is 2.37. The molecule has 1 aromatic heterocycles. The molecule has 7 nitrogen and oxygen atoms in total. The minimum atomic E-state index is -4.56. The molecule has 1 heterocycles. The van der Waals surface area contributed by atoms with Crippen LogP contribution in [0.5, 0.6) is 0 Å². The van der Waals surface area contributed by atoms with Crippen molar-refractivity contribution < 1.29 is 22.1 Å². The number of primary sulfonamides is 1. The van der Waals surface area contributed by atoms with E-state index in [1.807, 2.05) is 0 Å². The molecule has 1 rings (SSSR count). The summed E-state index contributed by atoms with van der Waals surface area (Å²) in [5, 5.41) is 14.1. The molecule has 0 bridgehead atoms. The zero-order chi connectivity index (χ0) is 13.4. The molecule has 2 N–H and O–H groups in total. The Morgan fingerprint density at radius 2 is 2.06 bits per heavy atom. The van der Waals surface area contributed by atoms with Crippen molar-refractivity contribution in [2.75, 3.05) is 0 Å². The second-order valence-corrected chi connectivity index (χ2v) is 5.11. The van der Waals surface area contributed by atoms with Gasteiger partial charge >= 0.3 is 5.69 Å². The smallest absolute Gasteiger partial charge is 0.258 e. The number of pyridine rings is 1. The molecular weight excluding hydrogens is 328 g/mol. The highest BCUT2D eigenvalue weighted by atomic mass is 79.9. The van der Waals surface area contributed by atoms with E-state index in [2.05, 4.69) is 26.1 Å². The molecule has 11 heteroatoms. The Bertz CT molecular complexity index is 577. The van der Waals surface area contributed by atoms with Gasteiger partial charge in [-0.3, -0.25) is 10.1 Å². The number of nitrogens with two attached hydrogens (primary N) is 1. The average Bonchev–Trinajstić information content (AvgIpc) is 2.14. The Morgan fingerprint density at radius 1 is 1.53 bits per heavy atom. The third kappa shape index (κ3) is 2.73. The lowest BCUT2D eigenvalue weighted by Crippen LogP contribution is -2.17. The summed E-state index contributed by atoms with van der Waals surface area (Å²) >= 11 is 2.63. The van der Waals surface area contributed by atoms with Gasteiger partial charge < -0.3 is 0 Å². The van der Waals surface area contributed by atoms with Crippen molar-refractivity contribution in [3.63, 3.8) is 0 Å². The van der Waals surface area contributed by atoms with Crippen molar-refractivity contribution in [3.8, 4) is 0 Å². The molecule has 0 amide bonds. The van der Waals surface area contributed by atoms with E-state index < -0.39 is 37.6 Å². The fourth-order valence-corrected chi connectivity index (χ4v) is 2.18. The molecule has 94 valence electrons. The largest absolute Gasteiger partial charge is 0.318 e.